The number of aliphatic carboxylic acids is 1. The summed E-state index contributed by atoms with van der Waals surface area (Å²) < 4.78 is 29.2. The quantitative estimate of drug-likeness (QED) is 0.209. The molecule has 0 spiro atoms. The summed E-state index contributed by atoms with van der Waals surface area (Å²) >= 11 is 0. The fourth-order valence-corrected chi connectivity index (χ4v) is 4.36. The van der Waals surface area contributed by atoms with Crippen molar-refractivity contribution >= 4 is 12.3 Å². The van der Waals surface area contributed by atoms with Crippen molar-refractivity contribution < 1.29 is 92.8 Å². The van der Waals surface area contributed by atoms with Crippen LogP contribution in [0.2, 0.25) is 0 Å². The molecule has 1 aromatic heterocycles. The predicted molar refractivity (Wildman–Crippen MR) is 125 cm³/mol. The number of carboxylic acids is 1. The molecule has 3 aromatic rings. The van der Waals surface area contributed by atoms with Crippen LogP contribution in [-0.4, -0.2) is 39.2 Å². The Labute approximate surface area is 259 Å². The Balaban J connectivity index is 0.00000342. The molecule has 3 rings (SSSR count). The van der Waals surface area contributed by atoms with E-state index in [4.69, 9.17) is 0 Å². The van der Waals surface area contributed by atoms with Crippen LogP contribution in [0.25, 0.3) is 22.4 Å². The zero-order chi connectivity index (χ0) is 25.7. The molecular weight excluding hydrogens is 502 g/mol. The largest absolute Gasteiger partial charge is 1.00 e. The van der Waals surface area contributed by atoms with Gasteiger partial charge in [0.15, 0.2) is 0 Å². The minimum absolute atomic E-state index is 0. The molecule has 0 aliphatic rings. The summed E-state index contributed by atoms with van der Waals surface area (Å²) in [4.78, 5) is 22.9. The monoisotopic (exact) mass is 529 g/mol. The number of hydrogen-bond donors (Lipinski definition) is 2. The molecule has 0 aliphatic carbocycles. The molecular formula is C27H27F2NNa2O5. The Bertz CT molecular complexity index is 1180. The molecule has 6 nitrogen and oxygen atoms in total. The molecule has 0 radical (unpaired) electrons. The number of aliphatic hydroxyl groups is 2. The second kappa shape index (κ2) is 15.3. The number of carbonyl (C=O) groups is 1. The van der Waals surface area contributed by atoms with Gasteiger partial charge in [-0.25, -0.2) is 8.78 Å². The van der Waals surface area contributed by atoms with Crippen LogP contribution in [0.5, 0.6) is 0 Å². The third-order valence-corrected chi connectivity index (χ3v) is 5.84. The first-order chi connectivity index (χ1) is 16.6. The SMILES string of the molecule is CC(C)c1c([C-]=O)c(-c2ccc(F)cc2)c(-c2ccc(F)cc2)n1CC[C@@H](O)C[C@@H](O)CC(=O)[O-].[Na+].[Na+]. The molecule has 2 N–H and O–H groups in total. The summed E-state index contributed by atoms with van der Waals surface area (Å²) in [7, 11) is 0. The van der Waals surface area contributed by atoms with Crippen LogP contribution in [0.3, 0.4) is 0 Å². The van der Waals surface area contributed by atoms with Crippen LogP contribution in [0.4, 0.5) is 8.78 Å². The third kappa shape index (κ3) is 8.57. The molecule has 2 atom stereocenters. The van der Waals surface area contributed by atoms with Gasteiger partial charge in [0.2, 0.25) is 0 Å². The van der Waals surface area contributed by atoms with Gasteiger partial charge >= 0.3 is 59.1 Å². The van der Waals surface area contributed by atoms with Crippen LogP contribution < -0.4 is 64.2 Å². The Morgan fingerprint density at radius 3 is 1.92 bits per heavy atom. The minimum atomic E-state index is -1.41. The van der Waals surface area contributed by atoms with Crippen LogP contribution in [0.15, 0.2) is 48.5 Å². The number of aromatic nitrogens is 1. The van der Waals surface area contributed by atoms with Gasteiger partial charge in [-0.2, -0.15) is 0 Å². The molecule has 1 heterocycles. The van der Waals surface area contributed by atoms with Crippen LogP contribution in [0, 0.1) is 11.6 Å². The number of aliphatic hydroxyl groups excluding tert-OH is 2. The van der Waals surface area contributed by atoms with Crippen molar-refractivity contribution in [1.82, 2.24) is 4.57 Å². The van der Waals surface area contributed by atoms with E-state index < -0.39 is 36.2 Å². The van der Waals surface area contributed by atoms with Gasteiger partial charge in [0.05, 0.1) is 18.5 Å². The number of carbonyl (C=O) groups excluding carboxylic acids is 2. The topological polar surface area (TPSA) is 103 Å². The van der Waals surface area contributed by atoms with Gasteiger partial charge in [0.25, 0.3) is 0 Å². The summed E-state index contributed by atoms with van der Waals surface area (Å²) in [5.74, 6) is -2.42. The molecule has 0 aliphatic heterocycles. The number of rotatable bonds is 11. The Hall–Kier alpha value is -1.36. The van der Waals surface area contributed by atoms with Crippen LogP contribution >= 0.6 is 0 Å². The summed E-state index contributed by atoms with van der Waals surface area (Å²) in [6.45, 7) is 4.01. The first-order valence-corrected chi connectivity index (χ1v) is 11.3. The zero-order valence-electron chi connectivity index (χ0n) is 21.5. The second-order valence-electron chi connectivity index (χ2n) is 8.81. The number of carboxylic acid groups (broad SMARTS) is 1. The summed E-state index contributed by atoms with van der Waals surface area (Å²) in [6.07, 6.45) is -0.845. The van der Waals surface area contributed by atoms with Crippen LogP contribution in [0.1, 0.15) is 50.3 Å². The standard InChI is InChI=1S/C27H28F2NO5.2Na/c1-16(2)26-23(15-31)25(17-3-7-19(28)8-4-17)27(18-5-9-20(29)10-6-18)30(26)12-11-21(32)13-22(33)14-24(34)35;;/h3-10,16,21-22,32-33H,11-14H2,1-2H3,(H,34,35);;/q-1;2*+1/p-1/t21-,22-;;/m1../s1. The van der Waals surface area contributed by atoms with E-state index in [0.29, 0.717) is 28.1 Å². The smallest absolute Gasteiger partial charge is 0.550 e. The summed E-state index contributed by atoms with van der Waals surface area (Å²) in [6, 6.07) is 11.4. The zero-order valence-corrected chi connectivity index (χ0v) is 25.5. The number of halogens is 2. The Kier molecular flexibility index (Phi) is 13.9. The van der Waals surface area contributed by atoms with Crippen molar-refractivity contribution in [3.8, 4) is 22.4 Å². The van der Waals surface area contributed by atoms with Crippen molar-refractivity contribution in [2.24, 2.45) is 0 Å². The van der Waals surface area contributed by atoms with E-state index >= 15 is 0 Å². The first-order valence-electron chi connectivity index (χ1n) is 11.3. The van der Waals surface area contributed by atoms with Crippen LogP contribution in [-0.2, 0) is 16.1 Å². The maximum Gasteiger partial charge on any atom is 1.00 e. The molecule has 2 aromatic carbocycles. The van der Waals surface area contributed by atoms with E-state index in [0.717, 1.165) is 0 Å². The van der Waals surface area contributed by atoms with Gasteiger partial charge < -0.3 is 29.5 Å². The molecule has 186 valence electrons. The van der Waals surface area contributed by atoms with Crippen molar-refractivity contribution in [3.63, 3.8) is 0 Å². The van der Waals surface area contributed by atoms with Crippen molar-refractivity contribution in [2.75, 3.05) is 0 Å². The minimum Gasteiger partial charge on any atom is -0.550 e. The van der Waals surface area contributed by atoms with E-state index in [9.17, 15) is 33.7 Å². The summed E-state index contributed by atoms with van der Waals surface area (Å²) in [5, 5.41) is 31.0. The van der Waals surface area contributed by atoms with Gasteiger partial charge in [-0.05, 0) is 48.4 Å². The van der Waals surface area contributed by atoms with E-state index in [2.05, 4.69) is 0 Å². The predicted octanol–water partition coefficient (Wildman–Crippen LogP) is -2.67. The Morgan fingerprint density at radius 1 is 0.946 bits per heavy atom. The maximum atomic E-state index is 13.7. The normalized spacial score (nSPS) is 12.4. The molecule has 0 saturated carbocycles. The average Bonchev–Trinajstić information content (AvgIpc) is 3.12. The van der Waals surface area contributed by atoms with E-state index in [-0.39, 0.29) is 90.0 Å². The molecule has 0 bridgehead atoms. The Morgan fingerprint density at radius 2 is 1.46 bits per heavy atom. The fourth-order valence-electron chi connectivity index (χ4n) is 4.36. The average molecular weight is 529 g/mol. The molecule has 0 fully saturated rings. The number of hydrogen-bond acceptors (Lipinski definition) is 5. The third-order valence-electron chi connectivity index (χ3n) is 5.84. The second-order valence-corrected chi connectivity index (χ2v) is 8.81. The maximum absolute atomic E-state index is 13.7. The van der Waals surface area contributed by atoms with Crippen molar-refractivity contribution in [2.45, 2.75) is 57.8 Å². The number of nitrogens with zero attached hydrogens (tertiary/aromatic N) is 1. The van der Waals surface area contributed by atoms with Gasteiger partial charge in [0.1, 0.15) is 11.6 Å². The molecule has 37 heavy (non-hydrogen) atoms. The summed E-state index contributed by atoms with van der Waals surface area (Å²) in [5.41, 5.74) is 3.22. The van der Waals surface area contributed by atoms with Gasteiger partial charge in [-0.1, -0.05) is 60.9 Å². The van der Waals surface area contributed by atoms with Gasteiger partial charge in [-0.15, -0.1) is 5.56 Å². The molecule has 0 saturated heterocycles. The molecule has 0 unspecified atom stereocenters. The van der Waals surface area contributed by atoms with Crippen molar-refractivity contribution in [1.29, 1.82) is 0 Å². The first kappa shape index (κ1) is 33.7. The molecule has 0 amide bonds. The van der Waals surface area contributed by atoms with Crippen molar-refractivity contribution in [3.05, 3.63) is 71.4 Å². The van der Waals surface area contributed by atoms with E-state index in [1.807, 2.05) is 24.7 Å². The fraction of sp³-hybridized carbons (Fsp3) is 0.333. The molecule has 10 heteroatoms. The van der Waals surface area contributed by atoms with Gasteiger partial charge in [-0.3, -0.25) is 0 Å². The van der Waals surface area contributed by atoms with E-state index in [1.165, 1.54) is 24.3 Å². The van der Waals surface area contributed by atoms with E-state index in [1.54, 1.807) is 24.3 Å². The van der Waals surface area contributed by atoms with Gasteiger partial charge in [0, 0.05) is 18.9 Å². The number of benzene rings is 2.